The number of nitrogens with one attached hydrogen (secondary N) is 3. The predicted molar refractivity (Wildman–Crippen MR) is 110 cm³/mol. The molecule has 5 N–H and O–H groups in total. The molecule has 1 aromatic carbocycles. The average molecular weight is 392 g/mol. The number of nitrogens with two attached hydrogens (primary N) is 1. The SMILES string of the molecule is Cc1nc(N)ccc1CNC(=O)C(C)NC(=O)c1cc(Cc2ccccc2)n[nH]1. The number of amides is 2. The maximum Gasteiger partial charge on any atom is 0.269 e. The van der Waals surface area contributed by atoms with Gasteiger partial charge < -0.3 is 16.4 Å². The van der Waals surface area contributed by atoms with Gasteiger partial charge in [-0.05, 0) is 37.1 Å². The number of nitrogen functional groups attached to an aromatic ring is 1. The molecule has 2 aromatic heterocycles. The number of H-pyrrole nitrogens is 1. The number of aryl methyl sites for hydroxylation is 1. The summed E-state index contributed by atoms with van der Waals surface area (Å²) in [4.78, 5) is 28.9. The Kier molecular flexibility index (Phi) is 6.23. The summed E-state index contributed by atoms with van der Waals surface area (Å²) in [5.41, 5.74) is 9.42. The Hall–Kier alpha value is -3.68. The zero-order valence-corrected chi connectivity index (χ0v) is 16.4. The van der Waals surface area contributed by atoms with Crippen molar-refractivity contribution < 1.29 is 9.59 Å². The fourth-order valence-electron chi connectivity index (χ4n) is 2.85. The molecule has 0 spiro atoms. The van der Waals surface area contributed by atoms with Crippen molar-refractivity contribution >= 4 is 17.6 Å². The number of aromatic nitrogens is 3. The second kappa shape index (κ2) is 9.01. The number of carbonyl (C=O) groups excluding carboxylic acids is 2. The van der Waals surface area contributed by atoms with Crippen LogP contribution in [-0.2, 0) is 17.8 Å². The van der Waals surface area contributed by atoms with Gasteiger partial charge in [0.15, 0.2) is 0 Å². The molecule has 0 aliphatic heterocycles. The molecule has 0 aliphatic carbocycles. The van der Waals surface area contributed by atoms with Crippen molar-refractivity contribution in [3.63, 3.8) is 0 Å². The van der Waals surface area contributed by atoms with Gasteiger partial charge in [0.05, 0.1) is 5.69 Å². The van der Waals surface area contributed by atoms with Gasteiger partial charge in [-0.3, -0.25) is 14.7 Å². The van der Waals surface area contributed by atoms with E-state index in [-0.39, 0.29) is 11.8 Å². The summed E-state index contributed by atoms with van der Waals surface area (Å²) in [6, 6.07) is 14.4. The van der Waals surface area contributed by atoms with Crippen molar-refractivity contribution in [2.75, 3.05) is 5.73 Å². The zero-order valence-electron chi connectivity index (χ0n) is 16.4. The molecule has 3 aromatic rings. The van der Waals surface area contributed by atoms with E-state index in [0.717, 1.165) is 22.5 Å². The number of nitrogens with zero attached hydrogens (tertiary/aromatic N) is 2. The molecule has 0 fully saturated rings. The number of anilines is 1. The normalized spacial score (nSPS) is 11.7. The molecular formula is C21H24N6O2. The van der Waals surface area contributed by atoms with Crippen molar-refractivity contribution in [2.45, 2.75) is 32.9 Å². The predicted octanol–water partition coefficient (Wildman–Crippen LogP) is 1.72. The second-order valence-electron chi connectivity index (χ2n) is 6.83. The molecule has 0 radical (unpaired) electrons. The molecule has 0 aliphatic rings. The van der Waals surface area contributed by atoms with Crippen molar-refractivity contribution in [1.82, 2.24) is 25.8 Å². The molecule has 2 heterocycles. The Morgan fingerprint density at radius 1 is 1.17 bits per heavy atom. The van der Waals surface area contributed by atoms with Crippen molar-refractivity contribution in [3.8, 4) is 0 Å². The van der Waals surface area contributed by atoms with E-state index in [4.69, 9.17) is 5.73 Å². The van der Waals surface area contributed by atoms with Crippen LogP contribution in [0.2, 0.25) is 0 Å². The highest BCUT2D eigenvalue weighted by Gasteiger charge is 2.18. The van der Waals surface area contributed by atoms with E-state index in [0.29, 0.717) is 24.5 Å². The number of benzene rings is 1. The fourth-order valence-corrected chi connectivity index (χ4v) is 2.85. The lowest BCUT2D eigenvalue weighted by atomic mass is 10.1. The van der Waals surface area contributed by atoms with Crippen LogP contribution >= 0.6 is 0 Å². The molecule has 0 saturated heterocycles. The van der Waals surface area contributed by atoms with E-state index < -0.39 is 6.04 Å². The number of aromatic amines is 1. The van der Waals surface area contributed by atoms with Gasteiger partial charge in [-0.1, -0.05) is 36.4 Å². The molecule has 8 nitrogen and oxygen atoms in total. The number of rotatable bonds is 7. The lowest BCUT2D eigenvalue weighted by molar-refractivity contribution is -0.122. The molecule has 2 amide bonds. The van der Waals surface area contributed by atoms with Gasteiger partial charge in [0.1, 0.15) is 17.6 Å². The summed E-state index contributed by atoms with van der Waals surface area (Å²) in [5, 5.41) is 12.4. The van der Waals surface area contributed by atoms with E-state index >= 15 is 0 Å². The third-order valence-corrected chi connectivity index (χ3v) is 4.51. The first-order valence-electron chi connectivity index (χ1n) is 9.31. The quantitative estimate of drug-likeness (QED) is 0.487. The summed E-state index contributed by atoms with van der Waals surface area (Å²) in [6.45, 7) is 3.76. The lowest BCUT2D eigenvalue weighted by Gasteiger charge is -2.14. The molecule has 8 heteroatoms. The molecule has 150 valence electrons. The summed E-state index contributed by atoms with van der Waals surface area (Å²) >= 11 is 0. The van der Waals surface area contributed by atoms with Crippen LogP contribution < -0.4 is 16.4 Å². The highest BCUT2D eigenvalue weighted by Crippen LogP contribution is 2.09. The van der Waals surface area contributed by atoms with Crippen LogP contribution in [0.4, 0.5) is 5.82 Å². The number of hydrogen-bond donors (Lipinski definition) is 4. The minimum atomic E-state index is -0.703. The summed E-state index contributed by atoms with van der Waals surface area (Å²) in [7, 11) is 0. The first-order valence-corrected chi connectivity index (χ1v) is 9.31. The first kappa shape index (κ1) is 20.1. The minimum absolute atomic E-state index is 0.293. The third-order valence-electron chi connectivity index (χ3n) is 4.51. The van der Waals surface area contributed by atoms with Gasteiger partial charge in [0.2, 0.25) is 5.91 Å². The Morgan fingerprint density at radius 2 is 1.93 bits per heavy atom. The standard InChI is InChI=1S/C21H24N6O2/c1-13-16(8-9-19(22)24-13)12-23-20(28)14(2)25-21(29)18-11-17(26-27-18)10-15-6-4-3-5-7-15/h3-9,11,14H,10,12H2,1-2H3,(H2,22,24)(H,23,28)(H,25,29)(H,26,27). The summed E-state index contributed by atoms with van der Waals surface area (Å²) in [5.74, 6) is -0.243. The van der Waals surface area contributed by atoms with Crippen molar-refractivity contribution in [1.29, 1.82) is 0 Å². The molecular weight excluding hydrogens is 368 g/mol. The Balaban J connectivity index is 1.52. The Bertz CT molecular complexity index is 999. The number of carbonyl (C=O) groups is 2. The van der Waals surface area contributed by atoms with Gasteiger partial charge in [0, 0.05) is 18.7 Å². The van der Waals surface area contributed by atoms with E-state index in [1.807, 2.05) is 43.3 Å². The van der Waals surface area contributed by atoms with Crippen LogP contribution in [0.15, 0.2) is 48.5 Å². The first-order chi connectivity index (χ1) is 13.9. The largest absolute Gasteiger partial charge is 0.384 e. The van der Waals surface area contributed by atoms with Crippen LogP contribution in [0.25, 0.3) is 0 Å². The van der Waals surface area contributed by atoms with Crippen LogP contribution in [-0.4, -0.2) is 33.0 Å². The van der Waals surface area contributed by atoms with Gasteiger partial charge in [0.25, 0.3) is 5.91 Å². The van der Waals surface area contributed by atoms with Gasteiger partial charge >= 0.3 is 0 Å². The maximum absolute atomic E-state index is 12.4. The van der Waals surface area contributed by atoms with Crippen LogP contribution in [0.5, 0.6) is 0 Å². The lowest BCUT2D eigenvalue weighted by Crippen LogP contribution is -2.44. The number of pyridine rings is 1. The number of hydrogen-bond acceptors (Lipinski definition) is 5. The molecule has 0 bridgehead atoms. The van der Waals surface area contributed by atoms with Gasteiger partial charge in [-0.15, -0.1) is 0 Å². The zero-order chi connectivity index (χ0) is 20.8. The Morgan fingerprint density at radius 3 is 2.66 bits per heavy atom. The fraction of sp³-hybridized carbons (Fsp3) is 0.238. The summed E-state index contributed by atoms with van der Waals surface area (Å²) < 4.78 is 0. The molecule has 1 atom stereocenters. The van der Waals surface area contributed by atoms with E-state index in [9.17, 15) is 9.59 Å². The highest BCUT2D eigenvalue weighted by molar-refractivity contribution is 5.96. The monoisotopic (exact) mass is 392 g/mol. The molecule has 1 unspecified atom stereocenters. The van der Waals surface area contributed by atoms with Crippen LogP contribution in [0, 0.1) is 6.92 Å². The van der Waals surface area contributed by atoms with Crippen LogP contribution in [0.1, 0.15) is 39.9 Å². The smallest absolute Gasteiger partial charge is 0.269 e. The second-order valence-corrected chi connectivity index (χ2v) is 6.83. The third kappa shape index (κ3) is 5.41. The van der Waals surface area contributed by atoms with E-state index in [1.165, 1.54) is 0 Å². The molecule has 0 saturated carbocycles. The van der Waals surface area contributed by atoms with Crippen molar-refractivity contribution in [2.24, 2.45) is 0 Å². The van der Waals surface area contributed by atoms with E-state index in [1.54, 1.807) is 19.1 Å². The molecule has 3 rings (SSSR count). The van der Waals surface area contributed by atoms with Crippen molar-refractivity contribution in [3.05, 3.63) is 76.7 Å². The minimum Gasteiger partial charge on any atom is -0.384 e. The average Bonchev–Trinajstić information content (AvgIpc) is 3.16. The van der Waals surface area contributed by atoms with E-state index in [2.05, 4.69) is 25.8 Å². The summed E-state index contributed by atoms with van der Waals surface area (Å²) in [6.07, 6.45) is 0.621. The highest BCUT2D eigenvalue weighted by atomic mass is 16.2. The van der Waals surface area contributed by atoms with Crippen LogP contribution in [0.3, 0.4) is 0 Å². The van der Waals surface area contributed by atoms with Gasteiger partial charge in [-0.2, -0.15) is 5.10 Å². The maximum atomic E-state index is 12.4. The molecule has 29 heavy (non-hydrogen) atoms. The topological polar surface area (TPSA) is 126 Å². The Labute approximate surface area is 168 Å². The van der Waals surface area contributed by atoms with Gasteiger partial charge in [-0.25, -0.2) is 4.98 Å².